The van der Waals surface area contributed by atoms with Crippen LogP contribution in [0.2, 0.25) is 0 Å². The van der Waals surface area contributed by atoms with Crippen LogP contribution in [0.25, 0.3) is 0 Å². The summed E-state index contributed by atoms with van der Waals surface area (Å²) in [7, 11) is 5.39. The van der Waals surface area contributed by atoms with Crippen LogP contribution in [0, 0.1) is 0 Å². The molecule has 0 amide bonds. The maximum absolute atomic E-state index is 2.71. The van der Waals surface area contributed by atoms with E-state index in [1.54, 1.807) is 0 Å². The third-order valence-corrected chi connectivity index (χ3v) is 2.02. The molecule has 0 nitrogen and oxygen atoms in total. The zero-order chi connectivity index (χ0) is 6.69. The second-order valence-electron chi connectivity index (χ2n) is 1.95. The highest BCUT2D eigenvalue weighted by atomic mass is 31.0. The van der Waals surface area contributed by atoms with Gasteiger partial charge < -0.3 is 0 Å². The fraction of sp³-hybridized carbons (Fsp3) is 0.143. The van der Waals surface area contributed by atoms with E-state index >= 15 is 0 Å². The second-order valence-corrected chi connectivity index (χ2v) is 3.02. The lowest BCUT2D eigenvalue weighted by Crippen LogP contribution is -1.89. The molecule has 0 saturated heterocycles. The molecule has 2 heteroatoms. The summed E-state index contributed by atoms with van der Waals surface area (Å²) in [6.45, 7) is 0. The third-order valence-electron chi connectivity index (χ3n) is 1.19. The lowest BCUT2D eigenvalue weighted by Gasteiger charge is -1.95. The van der Waals surface area contributed by atoms with Gasteiger partial charge in [-0.25, -0.2) is 0 Å². The molecule has 9 heavy (non-hydrogen) atoms. The van der Waals surface area contributed by atoms with E-state index in [-0.39, 0.29) is 0 Å². The van der Waals surface area contributed by atoms with E-state index in [9.17, 15) is 0 Å². The summed E-state index contributed by atoms with van der Waals surface area (Å²) in [5, 5.41) is 1.26. The third kappa shape index (κ3) is 2.05. The monoisotopic (exact) mass is 156 g/mol. The Labute approximate surface area is 60.5 Å². The van der Waals surface area contributed by atoms with Gasteiger partial charge in [0.25, 0.3) is 0 Å². The zero-order valence-corrected chi connectivity index (χ0v) is 7.48. The summed E-state index contributed by atoms with van der Waals surface area (Å²) in [5.74, 6) is 0. The molecule has 0 N–H and O–H groups in total. The maximum atomic E-state index is 2.71. The molecule has 0 spiro atoms. The van der Waals surface area contributed by atoms with Gasteiger partial charge in [-0.15, -0.1) is 18.5 Å². The molecule has 1 aromatic carbocycles. The standard InChI is InChI=1S/C7H10P2/c8-5-6-2-1-3-7(9)4-6/h1-4H,5,8-9H2. The summed E-state index contributed by atoms with van der Waals surface area (Å²) >= 11 is 0. The van der Waals surface area contributed by atoms with Gasteiger partial charge in [-0.05, 0) is 17.0 Å². The molecule has 48 valence electrons. The Kier molecular flexibility index (Phi) is 2.64. The molecule has 2 atom stereocenters. The Hall–Kier alpha value is 0.0800. The fourth-order valence-electron chi connectivity index (χ4n) is 0.720. The van der Waals surface area contributed by atoms with Gasteiger partial charge in [-0.2, -0.15) is 0 Å². The lowest BCUT2D eigenvalue weighted by atomic mass is 10.2. The topological polar surface area (TPSA) is 0 Å². The van der Waals surface area contributed by atoms with Crippen molar-refractivity contribution in [1.29, 1.82) is 0 Å². The van der Waals surface area contributed by atoms with E-state index < -0.39 is 0 Å². The van der Waals surface area contributed by atoms with Crippen molar-refractivity contribution in [3.05, 3.63) is 29.8 Å². The normalized spacial score (nSPS) is 9.56. The molecule has 0 radical (unpaired) electrons. The van der Waals surface area contributed by atoms with E-state index in [0.29, 0.717) is 0 Å². The van der Waals surface area contributed by atoms with Crippen LogP contribution in [0.15, 0.2) is 24.3 Å². The van der Waals surface area contributed by atoms with Crippen LogP contribution in [0.4, 0.5) is 0 Å². The molecule has 0 saturated carbocycles. The van der Waals surface area contributed by atoms with Crippen LogP contribution in [0.5, 0.6) is 0 Å². The van der Waals surface area contributed by atoms with Gasteiger partial charge in [0.05, 0.1) is 0 Å². The summed E-state index contributed by atoms with van der Waals surface area (Å²) < 4.78 is 0. The van der Waals surface area contributed by atoms with Crippen molar-refractivity contribution in [2.45, 2.75) is 6.16 Å². The molecule has 0 aromatic heterocycles. The van der Waals surface area contributed by atoms with Crippen molar-refractivity contribution in [2.24, 2.45) is 0 Å². The Bertz CT molecular complexity index is 196. The average molecular weight is 156 g/mol. The fourth-order valence-corrected chi connectivity index (χ4v) is 1.30. The Balaban J connectivity index is 2.94. The number of rotatable bonds is 1. The molecular formula is C7H10P2. The van der Waals surface area contributed by atoms with E-state index in [2.05, 4.69) is 42.7 Å². The minimum atomic E-state index is 1.04. The van der Waals surface area contributed by atoms with Gasteiger partial charge in [-0.3, -0.25) is 0 Å². The van der Waals surface area contributed by atoms with Crippen molar-refractivity contribution in [1.82, 2.24) is 0 Å². The van der Waals surface area contributed by atoms with Gasteiger partial charge >= 0.3 is 0 Å². The van der Waals surface area contributed by atoms with Gasteiger partial charge in [0.1, 0.15) is 0 Å². The predicted molar refractivity (Wildman–Crippen MR) is 49.2 cm³/mol. The van der Waals surface area contributed by atoms with Crippen molar-refractivity contribution in [3.8, 4) is 0 Å². The van der Waals surface area contributed by atoms with Gasteiger partial charge in [0, 0.05) is 0 Å². The summed E-state index contributed by atoms with van der Waals surface area (Å²) in [6, 6.07) is 8.44. The van der Waals surface area contributed by atoms with Crippen LogP contribution in [-0.4, -0.2) is 0 Å². The van der Waals surface area contributed by atoms with Gasteiger partial charge in [-0.1, -0.05) is 24.3 Å². The Morgan fingerprint density at radius 3 is 2.56 bits per heavy atom. The first-order valence-electron chi connectivity index (χ1n) is 2.87. The van der Waals surface area contributed by atoms with Crippen molar-refractivity contribution in [2.75, 3.05) is 0 Å². The van der Waals surface area contributed by atoms with Crippen LogP contribution in [0.3, 0.4) is 0 Å². The first kappa shape index (κ1) is 7.19. The first-order chi connectivity index (χ1) is 4.33. The minimum absolute atomic E-state index is 1.04. The minimum Gasteiger partial charge on any atom is -0.133 e. The maximum Gasteiger partial charge on any atom is -0.0128 e. The molecule has 0 aliphatic carbocycles. The highest BCUT2D eigenvalue weighted by molar-refractivity contribution is 7.27. The molecule has 0 aliphatic rings. The lowest BCUT2D eigenvalue weighted by molar-refractivity contribution is 1.44. The molecule has 1 aromatic rings. The number of hydrogen-bond acceptors (Lipinski definition) is 0. The van der Waals surface area contributed by atoms with Crippen LogP contribution in [0.1, 0.15) is 5.56 Å². The van der Waals surface area contributed by atoms with Crippen LogP contribution >= 0.6 is 18.5 Å². The largest absolute Gasteiger partial charge is 0.133 e. The highest BCUT2D eigenvalue weighted by Gasteiger charge is 1.86. The molecule has 1 rings (SSSR count). The Morgan fingerprint density at radius 2 is 2.11 bits per heavy atom. The predicted octanol–water partition coefficient (Wildman–Crippen LogP) is 1.56. The van der Waals surface area contributed by atoms with E-state index in [4.69, 9.17) is 0 Å². The quantitative estimate of drug-likeness (QED) is 0.541. The van der Waals surface area contributed by atoms with Gasteiger partial charge in [0.2, 0.25) is 0 Å². The molecule has 0 heterocycles. The molecular weight excluding hydrogens is 146 g/mol. The van der Waals surface area contributed by atoms with Gasteiger partial charge in [0.15, 0.2) is 0 Å². The Morgan fingerprint density at radius 1 is 1.33 bits per heavy atom. The van der Waals surface area contributed by atoms with E-state index in [0.717, 1.165) is 6.16 Å². The van der Waals surface area contributed by atoms with Crippen LogP contribution in [-0.2, 0) is 6.16 Å². The SMILES string of the molecule is PCc1cccc(P)c1. The smallest absolute Gasteiger partial charge is 0.0128 e. The molecule has 0 aliphatic heterocycles. The number of hydrogen-bond donors (Lipinski definition) is 0. The zero-order valence-electron chi connectivity index (χ0n) is 5.17. The van der Waals surface area contributed by atoms with Crippen molar-refractivity contribution >= 4 is 23.8 Å². The second kappa shape index (κ2) is 3.30. The molecule has 0 bridgehead atoms. The van der Waals surface area contributed by atoms with E-state index in [1.807, 2.05) is 0 Å². The summed E-state index contributed by atoms with van der Waals surface area (Å²) in [4.78, 5) is 0. The highest BCUT2D eigenvalue weighted by Crippen LogP contribution is 2.03. The molecule has 2 unspecified atom stereocenters. The first-order valence-corrected chi connectivity index (χ1v) is 4.27. The van der Waals surface area contributed by atoms with Crippen molar-refractivity contribution < 1.29 is 0 Å². The summed E-state index contributed by atoms with van der Waals surface area (Å²) in [6.07, 6.45) is 1.04. The number of benzene rings is 1. The van der Waals surface area contributed by atoms with Crippen molar-refractivity contribution in [3.63, 3.8) is 0 Å². The average Bonchev–Trinajstić information content (AvgIpc) is 1.88. The molecule has 0 fully saturated rings. The van der Waals surface area contributed by atoms with E-state index in [1.165, 1.54) is 10.9 Å². The van der Waals surface area contributed by atoms with Crippen LogP contribution < -0.4 is 5.30 Å². The summed E-state index contributed by atoms with van der Waals surface area (Å²) in [5.41, 5.74) is 1.37.